The SMILES string of the molecule is CC[C@H](N)CN1CC(C)SC(C)C1. The fraction of sp³-hybridized carbons (Fsp3) is 1.00. The average molecular weight is 202 g/mol. The highest BCUT2D eigenvalue weighted by molar-refractivity contribution is 8.00. The molecule has 0 amide bonds. The maximum absolute atomic E-state index is 5.95. The third kappa shape index (κ3) is 3.88. The summed E-state index contributed by atoms with van der Waals surface area (Å²) in [6.45, 7) is 10.3. The third-order valence-electron chi connectivity index (χ3n) is 2.51. The molecule has 0 radical (unpaired) electrons. The van der Waals surface area contributed by atoms with Gasteiger partial charge in [0.25, 0.3) is 0 Å². The van der Waals surface area contributed by atoms with Crippen LogP contribution in [0, 0.1) is 0 Å². The molecule has 78 valence electrons. The first-order valence-electron chi connectivity index (χ1n) is 5.25. The summed E-state index contributed by atoms with van der Waals surface area (Å²) in [5, 5.41) is 1.54. The van der Waals surface area contributed by atoms with E-state index in [0.717, 1.165) is 23.5 Å². The van der Waals surface area contributed by atoms with Gasteiger partial charge in [-0.2, -0.15) is 11.8 Å². The molecule has 0 aliphatic carbocycles. The van der Waals surface area contributed by atoms with Gasteiger partial charge in [-0.15, -0.1) is 0 Å². The first-order chi connectivity index (χ1) is 6.11. The van der Waals surface area contributed by atoms with Crippen LogP contribution in [0.3, 0.4) is 0 Å². The van der Waals surface area contributed by atoms with E-state index in [9.17, 15) is 0 Å². The van der Waals surface area contributed by atoms with Crippen molar-refractivity contribution in [3.05, 3.63) is 0 Å². The molecular formula is C10H22N2S. The summed E-state index contributed by atoms with van der Waals surface area (Å²) >= 11 is 2.10. The molecule has 0 bridgehead atoms. The van der Waals surface area contributed by atoms with Crippen LogP contribution in [0.2, 0.25) is 0 Å². The van der Waals surface area contributed by atoms with Gasteiger partial charge in [-0.25, -0.2) is 0 Å². The minimum Gasteiger partial charge on any atom is -0.327 e. The second kappa shape index (κ2) is 5.23. The Hall–Kier alpha value is 0.270. The second-order valence-electron chi connectivity index (χ2n) is 4.14. The maximum atomic E-state index is 5.95. The summed E-state index contributed by atoms with van der Waals surface area (Å²) in [5.41, 5.74) is 5.95. The quantitative estimate of drug-likeness (QED) is 0.753. The number of rotatable bonds is 3. The van der Waals surface area contributed by atoms with Gasteiger partial charge in [0.1, 0.15) is 0 Å². The number of hydrogen-bond acceptors (Lipinski definition) is 3. The van der Waals surface area contributed by atoms with Crippen LogP contribution in [0.1, 0.15) is 27.2 Å². The van der Waals surface area contributed by atoms with Crippen molar-refractivity contribution in [3.8, 4) is 0 Å². The van der Waals surface area contributed by atoms with Crippen LogP contribution >= 0.6 is 11.8 Å². The molecular weight excluding hydrogens is 180 g/mol. The van der Waals surface area contributed by atoms with Crippen LogP contribution in [0.25, 0.3) is 0 Å². The molecule has 2 unspecified atom stereocenters. The first kappa shape index (κ1) is 11.3. The van der Waals surface area contributed by atoms with Gasteiger partial charge in [0.2, 0.25) is 0 Å². The van der Waals surface area contributed by atoms with Gasteiger partial charge < -0.3 is 5.73 Å². The summed E-state index contributed by atoms with van der Waals surface area (Å²) in [7, 11) is 0. The van der Waals surface area contributed by atoms with E-state index in [0.29, 0.717) is 6.04 Å². The van der Waals surface area contributed by atoms with Gasteiger partial charge in [0.05, 0.1) is 0 Å². The van der Waals surface area contributed by atoms with E-state index < -0.39 is 0 Å². The van der Waals surface area contributed by atoms with E-state index in [1.807, 2.05) is 0 Å². The van der Waals surface area contributed by atoms with Crippen LogP contribution < -0.4 is 5.73 Å². The molecule has 0 aromatic carbocycles. The molecule has 3 atom stereocenters. The molecule has 1 aliphatic heterocycles. The molecule has 1 heterocycles. The normalized spacial score (nSPS) is 33.2. The van der Waals surface area contributed by atoms with E-state index in [1.165, 1.54) is 13.1 Å². The summed E-state index contributed by atoms with van der Waals surface area (Å²) in [6, 6.07) is 0.363. The van der Waals surface area contributed by atoms with Crippen molar-refractivity contribution in [2.75, 3.05) is 19.6 Å². The highest BCUT2D eigenvalue weighted by Gasteiger charge is 2.22. The summed E-state index contributed by atoms with van der Waals surface area (Å²) in [6.07, 6.45) is 1.09. The predicted octanol–water partition coefficient (Wildman–Crippen LogP) is 1.55. The third-order valence-corrected chi connectivity index (χ3v) is 3.74. The fourth-order valence-corrected chi connectivity index (χ4v) is 3.28. The standard InChI is InChI=1S/C10H22N2S/c1-4-10(11)7-12-5-8(2)13-9(3)6-12/h8-10H,4-7,11H2,1-3H3/t8?,9?,10-/m0/s1. The number of nitrogens with zero attached hydrogens (tertiary/aromatic N) is 1. The van der Waals surface area contributed by atoms with E-state index in [-0.39, 0.29) is 0 Å². The topological polar surface area (TPSA) is 29.3 Å². The van der Waals surface area contributed by atoms with Crippen molar-refractivity contribution in [2.45, 2.75) is 43.7 Å². The largest absolute Gasteiger partial charge is 0.327 e. The zero-order valence-corrected chi connectivity index (χ0v) is 9.81. The van der Waals surface area contributed by atoms with Gasteiger partial charge in [0, 0.05) is 36.2 Å². The molecule has 3 heteroatoms. The van der Waals surface area contributed by atoms with E-state index in [2.05, 4.69) is 37.4 Å². The molecule has 0 aromatic heterocycles. The lowest BCUT2D eigenvalue weighted by Crippen LogP contribution is -2.45. The summed E-state index contributed by atoms with van der Waals surface area (Å²) in [4.78, 5) is 2.51. The van der Waals surface area contributed by atoms with Gasteiger partial charge in [-0.05, 0) is 6.42 Å². The van der Waals surface area contributed by atoms with Crippen LogP contribution in [-0.4, -0.2) is 41.1 Å². The lowest BCUT2D eigenvalue weighted by Gasteiger charge is -2.35. The monoisotopic (exact) mass is 202 g/mol. The van der Waals surface area contributed by atoms with Crippen LogP contribution in [0.4, 0.5) is 0 Å². The molecule has 0 spiro atoms. The maximum Gasteiger partial charge on any atom is 0.0165 e. The molecule has 13 heavy (non-hydrogen) atoms. The van der Waals surface area contributed by atoms with Gasteiger partial charge >= 0.3 is 0 Å². The predicted molar refractivity (Wildman–Crippen MR) is 61.2 cm³/mol. The van der Waals surface area contributed by atoms with Gasteiger partial charge in [0.15, 0.2) is 0 Å². The van der Waals surface area contributed by atoms with E-state index in [4.69, 9.17) is 5.73 Å². The Morgan fingerprint density at radius 3 is 2.38 bits per heavy atom. The molecule has 1 saturated heterocycles. The Balaban J connectivity index is 2.32. The minimum absolute atomic E-state index is 0.363. The Morgan fingerprint density at radius 2 is 1.92 bits per heavy atom. The van der Waals surface area contributed by atoms with Gasteiger partial charge in [-0.3, -0.25) is 4.90 Å². The van der Waals surface area contributed by atoms with Crippen LogP contribution in [0.15, 0.2) is 0 Å². The summed E-state index contributed by atoms with van der Waals surface area (Å²) < 4.78 is 0. The minimum atomic E-state index is 0.363. The molecule has 0 aromatic rings. The Morgan fingerprint density at radius 1 is 1.38 bits per heavy atom. The number of hydrogen-bond donors (Lipinski definition) is 1. The van der Waals surface area contributed by atoms with Crippen molar-refractivity contribution in [1.29, 1.82) is 0 Å². The first-order valence-corrected chi connectivity index (χ1v) is 6.19. The second-order valence-corrected chi connectivity index (χ2v) is 6.03. The average Bonchev–Trinajstić information content (AvgIpc) is 2.02. The zero-order valence-electron chi connectivity index (χ0n) is 8.99. The van der Waals surface area contributed by atoms with E-state index in [1.54, 1.807) is 0 Å². The van der Waals surface area contributed by atoms with Crippen LogP contribution in [-0.2, 0) is 0 Å². The highest BCUT2D eigenvalue weighted by Crippen LogP contribution is 2.24. The van der Waals surface area contributed by atoms with Gasteiger partial charge in [-0.1, -0.05) is 20.8 Å². The van der Waals surface area contributed by atoms with Crippen LogP contribution in [0.5, 0.6) is 0 Å². The Labute approximate surface area is 86.2 Å². The van der Waals surface area contributed by atoms with Crippen molar-refractivity contribution < 1.29 is 0 Å². The molecule has 1 fully saturated rings. The summed E-state index contributed by atoms with van der Waals surface area (Å²) in [5.74, 6) is 0. The van der Waals surface area contributed by atoms with Crippen molar-refractivity contribution in [3.63, 3.8) is 0 Å². The molecule has 1 aliphatic rings. The number of nitrogens with two attached hydrogens (primary N) is 1. The molecule has 2 nitrogen and oxygen atoms in total. The lowest BCUT2D eigenvalue weighted by atomic mass is 10.2. The van der Waals surface area contributed by atoms with Crippen molar-refractivity contribution in [2.24, 2.45) is 5.73 Å². The lowest BCUT2D eigenvalue weighted by molar-refractivity contribution is 0.252. The Kier molecular flexibility index (Phi) is 4.56. The molecule has 2 N–H and O–H groups in total. The van der Waals surface area contributed by atoms with E-state index >= 15 is 0 Å². The Bertz CT molecular complexity index is 142. The highest BCUT2D eigenvalue weighted by atomic mass is 32.2. The fourth-order valence-electron chi connectivity index (χ4n) is 1.89. The molecule has 1 rings (SSSR count). The van der Waals surface area contributed by atoms with Crippen molar-refractivity contribution in [1.82, 2.24) is 4.90 Å². The zero-order chi connectivity index (χ0) is 9.84. The van der Waals surface area contributed by atoms with Crippen molar-refractivity contribution >= 4 is 11.8 Å². The smallest absolute Gasteiger partial charge is 0.0165 e. The molecule has 0 saturated carbocycles. The number of thioether (sulfide) groups is 1.